The van der Waals surface area contributed by atoms with Crippen LogP contribution in [-0.2, 0) is 16.0 Å². The molecule has 3 N–H and O–H groups in total. The predicted octanol–water partition coefficient (Wildman–Crippen LogP) is 0.993. The number of primary amides is 1. The number of β-amino-alcohol motifs (C(OH)–C–C–N with tert-alkyl or cyclic N) is 1. The lowest BCUT2D eigenvalue weighted by Crippen LogP contribution is -2.57. The molecule has 0 radical (unpaired) electrons. The van der Waals surface area contributed by atoms with E-state index >= 15 is 0 Å². The van der Waals surface area contributed by atoms with E-state index in [0.29, 0.717) is 19.4 Å². The van der Waals surface area contributed by atoms with Gasteiger partial charge in [-0.2, -0.15) is 0 Å². The Kier molecular flexibility index (Phi) is 4.56. The van der Waals surface area contributed by atoms with Gasteiger partial charge in [-0.15, -0.1) is 0 Å². The topological polar surface area (TPSA) is 83.6 Å². The maximum atomic E-state index is 12.5. The van der Waals surface area contributed by atoms with Crippen LogP contribution < -0.4 is 5.73 Å². The van der Waals surface area contributed by atoms with Crippen LogP contribution in [0.3, 0.4) is 0 Å². The number of hydrogen-bond donors (Lipinski definition) is 2. The lowest BCUT2D eigenvalue weighted by atomic mass is 9.91. The van der Waals surface area contributed by atoms with Crippen molar-refractivity contribution in [3.05, 3.63) is 34.4 Å². The molecule has 5 nitrogen and oxygen atoms in total. The zero-order valence-electron chi connectivity index (χ0n) is 13.5. The number of aryl methyl sites for hydroxylation is 3. The lowest BCUT2D eigenvalue weighted by molar-refractivity contribution is -0.148. The molecule has 0 bridgehead atoms. The summed E-state index contributed by atoms with van der Waals surface area (Å²) in [5.74, 6) is -0.831. The smallest absolute Gasteiger partial charge is 0.251 e. The highest BCUT2D eigenvalue weighted by atomic mass is 16.3. The number of piperidine rings is 1. The van der Waals surface area contributed by atoms with Gasteiger partial charge in [0.1, 0.15) is 0 Å². The van der Waals surface area contributed by atoms with Gasteiger partial charge in [0.15, 0.2) is 5.60 Å². The lowest BCUT2D eigenvalue weighted by Gasteiger charge is -2.37. The summed E-state index contributed by atoms with van der Waals surface area (Å²) in [5.41, 5.74) is 8.03. The first-order valence-corrected chi connectivity index (χ1v) is 7.60. The molecular formula is C17H24N2O3. The number of carbonyl (C=O) groups excluding carboxylic acids is 2. The molecule has 0 aromatic heterocycles. The van der Waals surface area contributed by atoms with Crippen LogP contribution in [0, 0.1) is 20.8 Å². The second-order valence-electron chi connectivity index (χ2n) is 6.37. The molecule has 1 aromatic carbocycles. The highest BCUT2D eigenvalue weighted by Gasteiger charge is 2.40. The second kappa shape index (κ2) is 6.08. The molecule has 0 spiro atoms. The Hall–Kier alpha value is -1.88. The standard InChI is InChI=1S/C17H24N2O3/c1-11-7-12(2)14(13(3)8-11)9-15(20)19-6-4-5-17(22,10-19)16(18)21/h7-8,22H,4-6,9-10H2,1-3H3,(H2,18,21)/t17-/m1/s1. The van der Waals surface area contributed by atoms with E-state index in [1.165, 1.54) is 5.56 Å². The van der Waals surface area contributed by atoms with Crippen LogP contribution in [0.5, 0.6) is 0 Å². The summed E-state index contributed by atoms with van der Waals surface area (Å²) in [6.07, 6.45) is 1.18. The quantitative estimate of drug-likeness (QED) is 0.873. The Morgan fingerprint density at radius 2 is 1.86 bits per heavy atom. The Bertz CT molecular complexity index is 589. The van der Waals surface area contributed by atoms with E-state index in [1.54, 1.807) is 4.90 Å². The van der Waals surface area contributed by atoms with Crippen molar-refractivity contribution in [3.63, 3.8) is 0 Å². The van der Waals surface area contributed by atoms with Gasteiger partial charge < -0.3 is 15.7 Å². The van der Waals surface area contributed by atoms with Crippen LogP contribution in [-0.4, -0.2) is 40.5 Å². The number of nitrogens with zero attached hydrogens (tertiary/aromatic N) is 1. The van der Waals surface area contributed by atoms with Crippen molar-refractivity contribution < 1.29 is 14.7 Å². The van der Waals surface area contributed by atoms with Crippen molar-refractivity contribution in [2.24, 2.45) is 5.73 Å². The minimum absolute atomic E-state index is 0.00881. The molecule has 0 saturated carbocycles. The Labute approximate surface area is 131 Å². The van der Waals surface area contributed by atoms with Gasteiger partial charge in [-0.05, 0) is 50.3 Å². The average Bonchev–Trinajstić information content (AvgIpc) is 2.42. The highest BCUT2D eigenvalue weighted by molar-refractivity contribution is 5.86. The zero-order valence-corrected chi connectivity index (χ0v) is 13.5. The first-order chi connectivity index (χ1) is 10.2. The summed E-state index contributed by atoms with van der Waals surface area (Å²) in [5, 5.41) is 10.2. The largest absolute Gasteiger partial charge is 0.378 e. The summed E-state index contributed by atoms with van der Waals surface area (Å²) >= 11 is 0. The van der Waals surface area contributed by atoms with Gasteiger partial charge in [0.2, 0.25) is 5.91 Å². The molecular weight excluding hydrogens is 280 g/mol. The van der Waals surface area contributed by atoms with Crippen molar-refractivity contribution in [2.45, 2.75) is 45.6 Å². The summed E-state index contributed by atoms with van der Waals surface area (Å²) in [4.78, 5) is 25.5. The molecule has 5 heteroatoms. The minimum atomic E-state index is -1.59. The van der Waals surface area contributed by atoms with Gasteiger partial charge >= 0.3 is 0 Å². The van der Waals surface area contributed by atoms with Crippen molar-refractivity contribution >= 4 is 11.8 Å². The van der Waals surface area contributed by atoms with Crippen molar-refractivity contribution in [1.29, 1.82) is 0 Å². The van der Waals surface area contributed by atoms with Gasteiger partial charge in [-0.1, -0.05) is 17.7 Å². The Balaban J connectivity index is 2.14. The highest BCUT2D eigenvalue weighted by Crippen LogP contribution is 2.23. The molecule has 1 aromatic rings. The van der Waals surface area contributed by atoms with Crippen LogP contribution in [0.1, 0.15) is 35.1 Å². The Morgan fingerprint density at radius 3 is 2.41 bits per heavy atom. The summed E-state index contributed by atoms with van der Waals surface area (Å²) in [6, 6.07) is 4.12. The van der Waals surface area contributed by atoms with E-state index in [-0.39, 0.29) is 18.9 Å². The van der Waals surface area contributed by atoms with Crippen molar-refractivity contribution in [2.75, 3.05) is 13.1 Å². The molecule has 0 unspecified atom stereocenters. The number of benzene rings is 1. The molecule has 1 aliphatic rings. The van der Waals surface area contributed by atoms with Gasteiger partial charge in [-0.3, -0.25) is 9.59 Å². The second-order valence-corrected chi connectivity index (χ2v) is 6.37. The molecule has 1 atom stereocenters. The van der Waals surface area contributed by atoms with Crippen LogP contribution in [0.4, 0.5) is 0 Å². The molecule has 2 rings (SSSR count). The monoisotopic (exact) mass is 304 g/mol. The third kappa shape index (κ3) is 3.30. The van der Waals surface area contributed by atoms with E-state index in [9.17, 15) is 14.7 Å². The normalized spacial score (nSPS) is 21.7. The molecule has 1 aliphatic heterocycles. The maximum Gasteiger partial charge on any atom is 0.251 e. The fourth-order valence-corrected chi connectivity index (χ4v) is 3.20. The van der Waals surface area contributed by atoms with E-state index in [0.717, 1.165) is 16.7 Å². The van der Waals surface area contributed by atoms with Crippen LogP contribution in [0.25, 0.3) is 0 Å². The molecule has 1 saturated heterocycles. The third-order valence-electron chi connectivity index (χ3n) is 4.45. The number of aliphatic hydroxyl groups is 1. The number of amides is 2. The number of hydrogen-bond acceptors (Lipinski definition) is 3. The number of likely N-dealkylation sites (tertiary alicyclic amines) is 1. The van der Waals surface area contributed by atoms with Crippen molar-refractivity contribution in [3.8, 4) is 0 Å². The fraction of sp³-hybridized carbons (Fsp3) is 0.529. The van der Waals surface area contributed by atoms with E-state index in [1.807, 2.05) is 20.8 Å². The van der Waals surface area contributed by atoms with Crippen LogP contribution in [0.2, 0.25) is 0 Å². The van der Waals surface area contributed by atoms with E-state index < -0.39 is 11.5 Å². The summed E-state index contributed by atoms with van der Waals surface area (Å²) < 4.78 is 0. The first kappa shape index (κ1) is 16.5. The van der Waals surface area contributed by atoms with Gasteiger partial charge in [0.05, 0.1) is 13.0 Å². The van der Waals surface area contributed by atoms with Crippen LogP contribution in [0.15, 0.2) is 12.1 Å². The third-order valence-corrected chi connectivity index (χ3v) is 4.45. The average molecular weight is 304 g/mol. The van der Waals surface area contributed by atoms with E-state index in [2.05, 4.69) is 12.1 Å². The summed E-state index contributed by atoms with van der Waals surface area (Å²) in [6.45, 7) is 6.57. The predicted molar refractivity (Wildman–Crippen MR) is 84.3 cm³/mol. The summed E-state index contributed by atoms with van der Waals surface area (Å²) in [7, 11) is 0. The van der Waals surface area contributed by atoms with Gasteiger partial charge in [0.25, 0.3) is 5.91 Å². The SMILES string of the molecule is Cc1cc(C)c(CC(=O)N2CCC[C@](O)(C(N)=O)C2)c(C)c1. The Morgan fingerprint density at radius 1 is 1.27 bits per heavy atom. The minimum Gasteiger partial charge on any atom is -0.378 e. The number of carbonyl (C=O) groups is 2. The first-order valence-electron chi connectivity index (χ1n) is 7.60. The van der Waals surface area contributed by atoms with E-state index in [4.69, 9.17) is 5.73 Å². The molecule has 2 amide bonds. The molecule has 22 heavy (non-hydrogen) atoms. The molecule has 0 aliphatic carbocycles. The van der Waals surface area contributed by atoms with Crippen molar-refractivity contribution in [1.82, 2.24) is 4.90 Å². The fourth-order valence-electron chi connectivity index (χ4n) is 3.20. The zero-order chi connectivity index (χ0) is 16.5. The maximum absolute atomic E-state index is 12.5. The number of nitrogens with two attached hydrogens (primary N) is 1. The molecule has 1 heterocycles. The van der Waals surface area contributed by atoms with Gasteiger partial charge in [0, 0.05) is 6.54 Å². The number of rotatable bonds is 3. The van der Waals surface area contributed by atoms with Crippen LogP contribution >= 0.6 is 0 Å². The molecule has 1 fully saturated rings. The van der Waals surface area contributed by atoms with Gasteiger partial charge in [-0.25, -0.2) is 0 Å². The molecule has 120 valence electrons.